The van der Waals surface area contributed by atoms with Crippen molar-refractivity contribution in [1.82, 2.24) is 0 Å². The normalized spacial score (nSPS) is 44.0. The zero-order valence-electron chi connectivity index (χ0n) is 23.2. The number of hydrogen-bond donors (Lipinski definition) is 2. The minimum atomic E-state index is -4.89. The van der Waals surface area contributed by atoms with Crippen molar-refractivity contribution in [1.29, 1.82) is 0 Å². The van der Waals surface area contributed by atoms with Gasteiger partial charge in [0, 0.05) is 11.8 Å². The van der Waals surface area contributed by atoms with Gasteiger partial charge in [0.2, 0.25) is 5.79 Å². The molecule has 1 spiro atoms. The van der Waals surface area contributed by atoms with E-state index >= 15 is 0 Å². The Morgan fingerprint density at radius 2 is 1.74 bits per heavy atom. The van der Waals surface area contributed by atoms with Gasteiger partial charge in [-0.2, -0.15) is 16.8 Å². The second-order valence-corrected chi connectivity index (χ2v) is 16.3. The first-order chi connectivity index (χ1) is 17.4. The minimum Gasteiger partial charge on any atom is -0.393 e. The van der Waals surface area contributed by atoms with Gasteiger partial charge in [0.25, 0.3) is 0 Å². The fraction of sp³-hybridized carbons (Fsp3) is 0.926. The molecule has 0 aromatic rings. The molecule has 0 unspecified atom stereocenters. The van der Waals surface area contributed by atoms with Crippen LogP contribution in [0.4, 0.5) is 0 Å². The van der Waals surface area contributed by atoms with Crippen LogP contribution in [-0.4, -0.2) is 44.5 Å². The van der Waals surface area contributed by atoms with Gasteiger partial charge in [-0.25, -0.2) is 8.37 Å². The van der Waals surface area contributed by atoms with Crippen molar-refractivity contribution in [2.24, 2.45) is 40.4 Å². The summed E-state index contributed by atoms with van der Waals surface area (Å²) in [6, 6.07) is 0. The Morgan fingerprint density at radius 3 is 2.37 bits per heavy atom. The summed E-state index contributed by atoms with van der Waals surface area (Å²) >= 11 is 0. The van der Waals surface area contributed by atoms with Gasteiger partial charge >= 0.3 is 20.8 Å². The summed E-state index contributed by atoms with van der Waals surface area (Å²) in [7, 11) is -9.77. The fourth-order valence-corrected chi connectivity index (χ4v) is 11.8. The largest absolute Gasteiger partial charge is 0.419 e. The molecule has 38 heavy (non-hydrogen) atoms. The zero-order valence-corrected chi connectivity index (χ0v) is 24.8. The van der Waals surface area contributed by atoms with Crippen molar-refractivity contribution in [2.45, 2.75) is 116 Å². The van der Waals surface area contributed by atoms with Crippen LogP contribution in [0.25, 0.3) is 0 Å². The minimum absolute atomic E-state index is 0.0548. The van der Waals surface area contributed by atoms with Crippen LogP contribution >= 0.6 is 0 Å². The fourth-order valence-electron chi connectivity index (χ4n) is 9.48. The standard InChI is InChI=1S/C27H44O9S2/c1-17(7-6-13-24(2,3)29)21-10-11-22-20-9-8-18-15-19(28)16-27(34-37(30,31)36-38(32,33)35-27)26(18,5)23(20)12-14-25(21,22)4/h8,17,19-23,28-29H,6-7,9-16H2,1-5H3/t17-,19+,20+,21-,22+,23+,25-,26+/m1/s1. The van der Waals surface area contributed by atoms with Gasteiger partial charge in [-0.05, 0) is 93.8 Å². The maximum Gasteiger partial charge on any atom is 0.419 e. The van der Waals surface area contributed by atoms with Crippen LogP contribution in [0.3, 0.4) is 0 Å². The van der Waals surface area contributed by atoms with Crippen LogP contribution < -0.4 is 0 Å². The Morgan fingerprint density at radius 1 is 1.08 bits per heavy atom. The Balaban J connectivity index is 1.45. The van der Waals surface area contributed by atoms with E-state index in [0.29, 0.717) is 24.2 Å². The first-order valence-corrected chi connectivity index (χ1v) is 16.8. The molecule has 2 N–H and O–H groups in total. The molecule has 5 rings (SSSR count). The summed E-state index contributed by atoms with van der Waals surface area (Å²) in [5.74, 6) is -0.403. The highest BCUT2D eigenvalue weighted by molar-refractivity contribution is 7.95. The van der Waals surface area contributed by atoms with Crippen molar-refractivity contribution in [3.8, 4) is 0 Å². The van der Waals surface area contributed by atoms with Crippen LogP contribution in [0.2, 0.25) is 0 Å². The van der Waals surface area contributed by atoms with E-state index in [-0.39, 0.29) is 23.7 Å². The third kappa shape index (κ3) is 4.71. The molecule has 1 aliphatic heterocycles. The maximum absolute atomic E-state index is 12.5. The summed E-state index contributed by atoms with van der Waals surface area (Å²) < 4.78 is 65.0. The van der Waals surface area contributed by atoms with Gasteiger partial charge in [0.1, 0.15) is 0 Å². The van der Waals surface area contributed by atoms with E-state index in [1.165, 1.54) is 0 Å². The molecule has 0 amide bonds. The average Bonchev–Trinajstić information content (AvgIpc) is 3.09. The highest BCUT2D eigenvalue weighted by Crippen LogP contribution is 2.70. The molecule has 4 fully saturated rings. The lowest BCUT2D eigenvalue weighted by Crippen LogP contribution is -2.66. The summed E-state index contributed by atoms with van der Waals surface area (Å²) in [5.41, 5.74) is -0.756. The summed E-state index contributed by atoms with van der Waals surface area (Å²) in [4.78, 5) is 0. The Labute approximate surface area is 228 Å². The molecular formula is C27H44O9S2. The molecule has 0 aromatic heterocycles. The molecule has 3 saturated carbocycles. The first kappa shape index (κ1) is 29.0. The number of hydrogen-bond acceptors (Lipinski definition) is 9. The summed E-state index contributed by atoms with van der Waals surface area (Å²) in [5, 5.41) is 20.8. The number of aliphatic hydroxyl groups is 2. The molecule has 0 aromatic carbocycles. The highest BCUT2D eigenvalue weighted by Gasteiger charge is 2.70. The van der Waals surface area contributed by atoms with Gasteiger partial charge in [-0.3, -0.25) is 0 Å². The smallest absolute Gasteiger partial charge is 0.393 e. The molecule has 1 saturated heterocycles. The van der Waals surface area contributed by atoms with Crippen LogP contribution in [-0.2, 0) is 32.8 Å². The quantitative estimate of drug-likeness (QED) is 0.457. The SMILES string of the molecule is C[C@H](CCCC(C)(C)O)[C@H]1CC[C@H]2[C@@H]3CC=C4C[C@H](O)CC5(OS(=O)(=O)OS(=O)(=O)O5)[C@]4(C)[C@H]3CC[C@]12C. The van der Waals surface area contributed by atoms with Crippen LogP contribution in [0.5, 0.6) is 0 Å². The Bertz CT molecular complexity index is 1150. The summed E-state index contributed by atoms with van der Waals surface area (Å²) in [6.45, 7) is 10.3. The van der Waals surface area contributed by atoms with Gasteiger partial charge < -0.3 is 10.2 Å². The molecule has 9 nitrogen and oxygen atoms in total. The molecule has 218 valence electrons. The number of aliphatic hydroxyl groups excluding tert-OH is 1. The molecule has 1 heterocycles. The van der Waals surface area contributed by atoms with E-state index in [1.54, 1.807) is 0 Å². The number of rotatable bonds is 5. The van der Waals surface area contributed by atoms with Crippen LogP contribution in [0, 0.1) is 40.4 Å². The van der Waals surface area contributed by atoms with E-state index < -0.39 is 43.7 Å². The van der Waals surface area contributed by atoms with E-state index in [2.05, 4.69) is 23.6 Å². The second kappa shape index (κ2) is 9.22. The lowest BCUT2D eigenvalue weighted by atomic mass is 9.45. The van der Waals surface area contributed by atoms with E-state index in [1.807, 2.05) is 20.8 Å². The third-order valence-corrected chi connectivity index (χ3v) is 13.4. The number of fused-ring (bicyclic) bond motifs is 6. The lowest BCUT2D eigenvalue weighted by Gasteiger charge is -2.62. The Hall–Kier alpha value is -0.560. The van der Waals surface area contributed by atoms with Crippen molar-refractivity contribution < 1.29 is 39.0 Å². The topological polar surface area (TPSA) is 136 Å². The van der Waals surface area contributed by atoms with Crippen LogP contribution in [0.15, 0.2) is 11.6 Å². The average molecular weight is 577 g/mol. The first-order valence-electron chi connectivity index (χ1n) is 14.1. The highest BCUT2D eigenvalue weighted by atomic mass is 32.3. The molecule has 0 bridgehead atoms. The number of allylic oxidation sites excluding steroid dienone is 1. The molecule has 5 aliphatic rings. The van der Waals surface area contributed by atoms with Crippen molar-refractivity contribution in [2.75, 3.05) is 0 Å². The van der Waals surface area contributed by atoms with Gasteiger partial charge in [0.15, 0.2) is 0 Å². The predicted molar refractivity (Wildman–Crippen MR) is 140 cm³/mol. The molecule has 0 radical (unpaired) electrons. The van der Waals surface area contributed by atoms with Gasteiger partial charge in [0.05, 0.1) is 11.7 Å². The monoisotopic (exact) mass is 576 g/mol. The second-order valence-electron chi connectivity index (χ2n) is 13.8. The Kier molecular flexibility index (Phi) is 7.03. The third-order valence-electron chi connectivity index (χ3n) is 11.1. The van der Waals surface area contributed by atoms with Crippen molar-refractivity contribution >= 4 is 20.8 Å². The maximum atomic E-state index is 12.5. The lowest BCUT2D eigenvalue weighted by molar-refractivity contribution is -0.255. The van der Waals surface area contributed by atoms with E-state index in [9.17, 15) is 27.0 Å². The predicted octanol–water partition coefficient (Wildman–Crippen LogP) is 4.36. The zero-order chi connectivity index (χ0) is 27.9. The van der Waals surface area contributed by atoms with E-state index in [4.69, 9.17) is 8.37 Å². The van der Waals surface area contributed by atoms with Gasteiger partial charge in [-0.1, -0.05) is 45.3 Å². The molecule has 11 heteroatoms. The van der Waals surface area contributed by atoms with Crippen LogP contribution in [0.1, 0.15) is 98.8 Å². The van der Waals surface area contributed by atoms with E-state index in [0.717, 1.165) is 56.9 Å². The van der Waals surface area contributed by atoms with Crippen molar-refractivity contribution in [3.63, 3.8) is 0 Å². The van der Waals surface area contributed by atoms with Crippen molar-refractivity contribution in [3.05, 3.63) is 11.6 Å². The molecular weight excluding hydrogens is 532 g/mol. The molecule has 4 aliphatic carbocycles. The summed E-state index contributed by atoms with van der Waals surface area (Å²) in [6.07, 6.45) is 8.77. The van der Waals surface area contributed by atoms with Gasteiger partial charge in [-0.15, -0.1) is 3.63 Å². The molecule has 8 atom stereocenters.